The van der Waals surface area contributed by atoms with Gasteiger partial charge in [-0.3, -0.25) is 9.78 Å². The third-order valence-electron chi connectivity index (χ3n) is 4.96. The predicted molar refractivity (Wildman–Crippen MR) is 105 cm³/mol. The molecule has 1 aromatic heterocycles. The number of pyridine rings is 1. The van der Waals surface area contributed by atoms with Crippen LogP contribution in [-0.4, -0.2) is 28.1 Å². The smallest absolute Gasteiger partial charge is 0.253 e. The summed E-state index contributed by atoms with van der Waals surface area (Å²) in [5.74, 6) is 0.757. The van der Waals surface area contributed by atoms with E-state index in [4.69, 9.17) is 5.11 Å². The average Bonchev–Trinajstić information content (AvgIpc) is 3.46. The van der Waals surface area contributed by atoms with Gasteiger partial charge in [-0.1, -0.05) is 31.4 Å². The lowest BCUT2D eigenvalue weighted by atomic mass is 9.95. The molecule has 0 aliphatic heterocycles. The van der Waals surface area contributed by atoms with Crippen molar-refractivity contribution in [3.8, 4) is 0 Å². The van der Waals surface area contributed by atoms with E-state index in [2.05, 4.69) is 28.5 Å². The number of aromatic nitrogens is 1. The summed E-state index contributed by atoms with van der Waals surface area (Å²) in [6.07, 6.45) is 10.1. The molecule has 2 aliphatic carbocycles. The Morgan fingerprint density at radius 2 is 1.81 bits per heavy atom. The van der Waals surface area contributed by atoms with Crippen LogP contribution in [0.5, 0.6) is 0 Å². The van der Waals surface area contributed by atoms with Crippen molar-refractivity contribution in [2.24, 2.45) is 0 Å². The van der Waals surface area contributed by atoms with Gasteiger partial charge in [0.05, 0.1) is 11.1 Å². The molecule has 1 heterocycles. The van der Waals surface area contributed by atoms with E-state index in [1.165, 1.54) is 37.7 Å². The molecule has 1 amide bonds. The monoisotopic (exact) mass is 354 g/mol. The number of fused-ring (bicyclic) bond motifs is 1. The van der Waals surface area contributed by atoms with Crippen LogP contribution in [0.25, 0.3) is 10.9 Å². The maximum atomic E-state index is 12.4. The number of nitrogens with one attached hydrogen (secondary N) is 1. The molecule has 0 unspecified atom stereocenters. The number of nitrogens with zero attached hydrogens (tertiary/aromatic N) is 1. The molecule has 0 atom stereocenters. The molecule has 2 aliphatic rings. The van der Waals surface area contributed by atoms with E-state index in [1.54, 1.807) is 20.0 Å². The molecule has 0 bridgehead atoms. The summed E-state index contributed by atoms with van der Waals surface area (Å²) >= 11 is 0. The number of rotatable bonds is 3. The second-order valence-electron chi connectivity index (χ2n) is 7.85. The van der Waals surface area contributed by atoms with E-state index in [-0.39, 0.29) is 12.0 Å². The number of benzene rings is 1. The zero-order valence-corrected chi connectivity index (χ0v) is 15.9. The quantitative estimate of drug-likeness (QED) is 0.849. The van der Waals surface area contributed by atoms with Crippen LogP contribution < -0.4 is 5.32 Å². The van der Waals surface area contributed by atoms with Gasteiger partial charge in [0.1, 0.15) is 0 Å². The second-order valence-corrected chi connectivity index (χ2v) is 7.85. The van der Waals surface area contributed by atoms with Crippen LogP contribution >= 0.6 is 0 Å². The molecule has 1 aromatic carbocycles. The number of carbonyl (C=O) groups excluding carboxylic acids is 1. The van der Waals surface area contributed by atoms with Crippen molar-refractivity contribution in [3.05, 3.63) is 41.6 Å². The van der Waals surface area contributed by atoms with Gasteiger partial charge in [0, 0.05) is 23.7 Å². The number of aliphatic hydroxyl groups is 1. The maximum absolute atomic E-state index is 12.4. The summed E-state index contributed by atoms with van der Waals surface area (Å²) in [6.45, 7) is 3.44. The Hall–Kier alpha value is -1.94. The highest BCUT2D eigenvalue weighted by Gasteiger charge is 2.23. The first-order valence-electron chi connectivity index (χ1n) is 9.91. The highest BCUT2D eigenvalue weighted by atomic mass is 16.3. The summed E-state index contributed by atoms with van der Waals surface area (Å²) in [5, 5.41) is 12.3. The van der Waals surface area contributed by atoms with Gasteiger partial charge in [-0.05, 0) is 63.1 Å². The Morgan fingerprint density at radius 1 is 1.12 bits per heavy atom. The van der Waals surface area contributed by atoms with Crippen molar-refractivity contribution in [1.29, 1.82) is 0 Å². The summed E-state index contributed by atoms with van der Waals surface area (Å²) in [7, 11) is 0. The molecule has 2 fully saturated rings. The lowest BCUT2D eigenvalue weighted by molar-refractivity contribution is 0.0927. The zero-order valence-electron chi connectivity index (χ0n) is 15.9. The fourth-order valence-corrected chi connectivity index (χ4v) is 3.45. The van der Waals surface area contributed by atoms with Crippen LogP contribution in [0.2, 0.25) is 0 Å². The van der Waals surface area contributed by atoms with Gasteiger partial charge in [0.2, 0.25) is 0 Å². The lowest BCUT2D eigenvalue weighted by Gasteiger charge is -2.22. The molecular formula is C22H30N2O2. The number of hydrogen-bond donors (Lipinski definition) is 2. The van der Waals surface area contributed by atoms with Crippen LogP contribution in [0.1, 0.15) is 80.6 Å². The Kier molecular flexibility index (Phi) is 6.25. The topological polar surface area (TPSA) is 62.2 Å². The largest absolute Gasteiger partial charge is 0.394 e. The maximum Gasteiger partial charge on any atom is 0.253 e. The van der Waals surface area contributed by atoms with Gasteiger partial charge >= 0.3 is 0 Å². The van der Waals surface area contributed by atoms with Crippen LogP contribution in [0.4, 0.5) is 0 Å². The number of amides is 1. The minimum atomic E-state index is -0.167. The molecule has 140 valence electrons. The zero-order chi connectivity index (χ0) is 18.5. The van der Waals surface area contributed by atoms with Crippen molar-refractivity contribution >= 4 is 16.8 Å². The minimum Gasteiger partial charge on any atom is -0.394 e. The highest BCUT2D eigenvalue weighted by Crippen LogP contribution is 2.40. The number of aliphatic hydroxyl groups excluding tert-OH is 1. The average molecular weight is 354 g/mol. The van der Waals surface area contributed by atoms with Crippen molar-refractivity contribution in [2.75, 3.05) is 0 Å². The normalized spacial score (nSPS) is 17.7. The fraction of sp³-hybridized carbons (Fsp3) is 0.545. The van der Waals surface area contributed by atoms with Gasteiger partial charge in [0.15, 0.2) is 0 Å². The Balaban J connectivity index is 0.000000447. The van der Waals surface area contributed by atoms with Crippen LogP contribution in [-0.2, 0) is 0 Å². The van der Waals surface area contributed by atoms with Crippen molar-refractivity contribution in [2.45, 2.75) is 76.9 Å². The van der Waals surface area contributed by atoms with E-state index in [0.717, 1.165) is 29.7 Å². The molecule has 4 nitrogen and oxygen atoms in total. The third-order valence-corrected chi connectivity index (χ3v) is 4.96. The Morgan fingerprint density at radius 3 is 2.46 bits per heavy atom. The van der Waals surface area contributed by atoms with Crippen LogP contribution in [0.3, 0.4) is 0 Å². The van der Waals surface area contributed by atoms with Crippen LogP contribution in [0, 0.1) is 0 Å². The minimum absolute atomic E-state index is 0.0209. The summed E-state index contributed by atoms with van der Waals surface area (Å²) in [4.78, 5) is 16.9. The van der Waals surface area contributed by atoms with E-state index in [0.29, 0.717) is 11.6 Å². The summed E-state index contributed by atoms with van der Waals surface area (Å²) in [6, 6.07) is 8.78. The molecule has 0 saturated heterocycles. The van der Waals surface area contributed by atoms with Gasteiger partial charge < -0.3 is 10.4 Å². The van der Waals surface area contributed by atoms with Crippen molar-refractivity contribution in [3.63, 3.8) is 0 Å². The Bertz CT molecular complexity index is 744. The molecule has 2 N–H and O–H groups in total. The van der Waals surface area contributed by atoms with Gasteiger partial charge in [-0.15, -0.1) is 0 Å². The van der Waals surface area contributed by atoms with Crippen molar-refractivity contribution in [1.82, 2.24) is 10.3 Å². The van der Waals surface area contributed by atoms with Crippen molar-refractivity contribution < 1.29 is 9.90 Å². The third kappa shape index (κ3) is 5.28. The van der Waals surface area contributed by atoms with E-state index < -0.39 is 0 Å². The van der Waals surface area contributed by atoms with Gasteiger partial charge in [-0.25, -0.2) is 0 Å². The van der Waals surface area contributed by atoms with Crippen LogP contribution in [0.15, 0.2) is 30.5 Å². The summed E-state index contributed by atoms with van der Waals surface area (Å²) < 4.78 is 0. The fourth-order valence-electron chi connectivity index (χ4n) is 3.45. The van der Waals surface area contributed by atoms with E-state index in [1.807, 2.05) is 6.07 Å². The second kappa shape index (κ2) is 8.63. The Labute approximate surface area is 156 Å². The molecule has 4 heteroatoms. The van der Waals surface area contributed by atoms with Gasteiger partial charge in [-0.2, -0.15) is 0 Å². The number of carbonyl (C=O) groups is 1. The first kappa shape index (κ1) is 18.8. The molecule has 0 radical (unpaired) electrons. The van der Waals surface area contributed by atoms with E-state index in [9.17, 15) is 4.79 Å². The lowest BCUT2D eigenvalue weighted by Crippen LogP contribution is -2.36. The molecule has 2 aromatic rings. The predicted octanol–water partition coefficient (Wildman–Crippen LogP) is 4.56. The number of hydrogen-bond acceptors (Lipinski definition) is 3. The SMILES string of the molecule is CC(C)O.O=C(NC1CCCCC1)c1cnc2cc(C3CC3)ccc2c1. The first-order chi connectivity index (χ1) is 12.5. The first-order valence-corrected chi connectivity index (χ1v) is 9.91. The highest BCUT2D eigenvalue weighted by molar-refractivity contribution is 5.97. The molecular weight excluding hydrogens is 324 g/mol. The molecule has 26 heavy (non-hydrogen) atoms. The standard InChI is InChI=1S/C19H22N2O.C3H8O/c22-19(21-17-4-2-1-3-5-17)16-10-15-9-8-14(13-6-7-13)11-18(15)20-12-16;1-3(2)4/h8-13,17H,1-7H2,(H,21,22);3-4H,1-2H3. The molecule has 0 spiro atoms. The summed E-state index contributed by atoms with van der Waals surface area (Å²) in [5.41, 5.74) is 3.07. The molecule has 4 rings (SSSR count). The van der Waals surface area contributed by atoms with E-state index >= 15 is 0 Å². The molecule has 2 saturated carbocycles. The van der Waals surface area contributed by atoms with Gasteiger partial charge in [0.25, 0.3) is 5.91 Å².